The van der Waals surface area contributed by atoms with Crippen molar-refractivity contribution in [1.29, 1.82) is 0 Å². The van der Waals surface area contributed by atoms with E-state index >= 15 is 0 Å². The standard InChI is InChI=1S/C22H28N2O6/c1-7-18(23-12(2)3)22(30-15(6)27)17-8-10-19(28-13(4)25)21-16(17)9-11-20(24-21)29-14(5)26/h8-12,18,22-23H,7H2,1-6H3. The van der Waals surface area contributed by atoms with Crippen LogP contribution in [0.5, 0.6) is 11.6 Å². The first-order valence-corrected chi connectivity index (χ1v) is 9.86. The summed E-state index contributed by atoms with van der Waals surface area (Å²) in [5, 5.41) is 4.06. The molecule has 8 nitrogen and oxygen atoms in total. The van der Waals surface area contributed by atoms with E-state index in [2.05, 4.69) is 10.3 Å². The van der Waals surface area contributed by atoms with Crippen LogP contribution in [0.4, 0.5) is 0 Å². The second kappa shape index (κ2) is 10.2. The van der Waals surface area contributed by atoms with Crippen molar-refractivity contribution in [2.75, 3.05) is 0 Å². The molecule has 1 aromatic heterocycles. The predicted molar refractivity (Wildman–Crippen MR) is 111 cm³/mol. The largest absolute Gasteiger partial charge is 0.456 e. The maximum absolute atomic E-state index is 11.9. The van der Waals surface area contributed by atoms with Gasteiger partial charge in [-0.25, -0.2) is 4.98 Å². The highest BCUT2D eigenvalue weighted by molar-refractivity contribution is 5.90. The monoisotopic (exact) mass is 416 g/mol. The first-order valence-electron chi connectivity index (χ1n) is 9.86. The number of hydrogen-bond acceptors (Lipinski definition) is 8. The second-order valence-electron chi connectivity index (χ2n) is 7.25. The van der Waals surface area contributed by atoms with Gasteiger partial charge in [-0.2, -0.15) is 0 Å². The van der Waals surface area contributed by atoms with Crippen molar-refractivity contribution in [2.24, 2.45) is 0 Å². The van der Waals surface area contributed by atoms with Crippen molar-refractivity contribution in [1.82, 2.24) is 10.3 Å². The minimum Gasteiger partial charge on any atom is -0.456 e. The highest BCUT2D eigenvalue weighted by atomic mass is 16.5. The van der Waals surface area contributed by atoms with Gasteiger partial charge in [0, 0.05) is 49.9 Å². The number of carbonyl (C=O) groups excluding carboxylic acids is 3. The quantitative estimate of drug-likeness (QED) is 0.515. The average molecular weight is 416 g/mol. The Labute approximate surface area is 175 Å². The Morgan fingerprint density at radius 1 is 0.967 bits per heavy atom. The third kappa shape index (κ3) is 6.00. The number of carbonyl (C=O) groups is 3. The second-order valence-corrected chi connectivity index (χ2v) is 7.25. The van der Waals surface area contributed by atoms with Gasteiger partial charge in [-0.05, 0) is 18.6 Å². The van der Waals surface area contributed by atoms with Crippen molar-refractivity contribution >= 4 is 28.8 Å². The lowest BCUT2D eigenvalue weighted by molar-refractivity contribution is -0.148. The molecule has 0 radical (unpaired) electrons. The lowest BCUT2D eigenvalue weighted by Gasteiger charge is -2.29. The summed E-state index contributed by atoms with van der Waals surface area (Å²) in [5.74, 6) is -1.13. The smallest absolute Gasteiger partial charge is 0.309 e. The van der Waals surface area contributed by atoms with E-state index in [0.29, 0.717) is 22.9 Å². The molecule has 8 heteroatoms. The lowest BCUT2D eigenvalue weighted by Crippen LogP contribution is -2.40. The summed E-state index contributed by atoms with van der Waals surface area (Å²) < 4.78 is 16.1. The van der Waals surface area contributed by atoms with Crippen LogP contribution in [0.3, 0.4) is 0 Å². The van der Waals surface area contributed by atoms with Crippen LogP contribution < -0.4 is 14.8 Å². The Bertz CT molecular complexity index is 941. The molecular weight excluding hydrogens is 388 g/mol. The number of benzene rings is 1. The Balaban J connectivity index is 2.68. The van der Waals surface area contributed by atoms with Crippen LogP contribution in [0.15, 0.2) is 24.3 Å². The summed E-state index contributed by atoms with van der Waals surface area (Å²) in [6.45, 7) is 9.96. The molecule has 1 heterocycles. The molecule has 0 amide bonds. The number of pyridine rings is 1. The molecule has 0 bridgehead atoms. The summed E-state index contributed by atoms with van der Waals surface area (Å²) in [6, 6.07) is 6.64. The summed E-state index contributed by atoms with van der Waals surface area (Å²) in [6.07, 6.45) is 0.118. The Kier molecular flexibility index (Phi) is 7.88. The molecular formula is C22H28N2O6. The molecule has 0 aliphatic heterocycles. The predicted octanol–water partition coefficient (Wildman–Crippen LogP) is 3.47. The van der Waals surface area contributed by atoms with E-state index < -0.39 is 24.0 Å². The molecule has 1 aromatic carbocycles. The zero-order chi connectivity index (χ0) is 22.4. The van der Waals surface area contributed by atoms with E-state index in [0.717, 1.165) is 0 Å². The first-order chi connectivity index (χ1) is 14.1. The van der Waals surface area contributed by atoms with Gasteiger partial charge in [-0.1, -0.05) is 26.8 Å². The lowest BCUT2D eigenvalue weighted by atomic mass is 9.95. The first kappa shape index (κ1) is 23.3. The molecule has 162 valence electrons. The number of hydrogen-bond donors (Lipinski definition) is 1. The fraction of sp³-hybridized carbons (Fsp3) is 0.455. The van der Waals surface area contributed by atoms with E-state index in [1.165, 1.54) is 20.8 Å². The Morgan fingerprint density at radius 2 is 1.63 bits per heavy atom. The molecule has 0 spiro atoms. The fourth-order valence-corrected chi connectivity index (χ4v) is 3.27. The van der Waals surface area contributed by atoms with Crippen molar-refractivity contribution in [3.05, 3.63) is 29.8 Å². The number of esters is 3. The molecule has 2 atom stereocenters. The SMILES string of the molecule is CCC(NC(C)C)C(OC(C)=O)c1ccc(OC(C)=O)c2nc(OC(C)=O)ccc12. The van der Waals surface area contributed by atoms with Gasteiger partial charge >= 0.3 is 17.9 Å². The van der Waals surface area contributed by atoms with Crippen LogP contribution in [0.2, 0.25) is 0 Å². The maximum Gasteiger partial charge on any atom is 0.309 e. The van der Waals surface area contributed by atoms with Crippen LogP contribution in [0.1, 0.15) is 59.6 Å². The van der Waals surface area contributed by atoms with E-state index in [-0.39, 0.29) is 23.7 Å². The summed E-state index contributed by atoms with van der Waals surface area (Å²) in [7, 11) is 0. The van der Waals surface area contributed by atoms with Gasteiger partial charge in [0.1, 0.15) is 11.6 Å². The number of nitrogens with one attached hydrogen (secondary N) is 1. The number of ether oxygens (including phenoxy) is 3. The van der Waals surface area contributed by atoms with Crippen LogP contribution in [-0.4, -0.2) is 35.0 Å². The van der Waals surface area contributed by atoms with Crippen LogP contribution in [0.25, 0.3) is 10.9 Å². The maximum atomic E-state index is 11.9. The fourth-order valence-electron chi connectivity index (χ4n) is 3.27. The van der Waals surface area contributed by atoms with Crippen molar-refractivity contribution in [2.45, 2.75) is 66.2 Å². The summed E-state index contributed by atoms with van der Waals surface area (Å²) >= 11 is 0. The van der Waals surface area contributed by atoms with Gasteiger partial charge in [-0.3, -0.25) is 14.4 Å². The average Bonchev–Trinajstić information content (AvgIpc) is 2.63. The molecule has 0 saturated heterocycles. The topological polar surface area (TPSA) is 104 Å². The van der Waals surface area contributed by atoms with E-state index in [1.807, 2.05) is 20.8 Å². The van der Waals surface area contributed by atoms with Gasteiger partial charge in [-0.15, -0.1) is 0 Å². The molecule has 0 saturated carbocycles. The number of nitrogens with zero attached hydrogens (tertiary/aromatic N) is 1. The van der Waals surface area contributed by atoms with Crippen molar-refractivity contribution in [3.63, 3.8) is 0 Å². The third-order valence-electron chi connectivity index (χ3n) is 4.28. The van der Waals surface area contributed by atoms with E-state index in [9.17, 15) is 14.4 Å². The van der Waals surface area contributed by atoms with Crippen LogP contribution in [-0.2, 0) is 19.1 Å². The van der Waals surface area contributed by atoms with Gasteiger partial charge < -0.3 is 19.5 Å². The Morgan fingerprint density at radius 3 is 2.17 bits per heavy atom. The minimum absolute atomic E-state index is 0.0805. The molecule has 0 aliphatic rings. The van der Waals surface area contributed by atoms with E-state index in [4.69, 9.17) is 14.2 Å². The molecule has 0 aliphatic carbocycles. The van der Waals surface area contributed by atoms with E-state index in [1.54, 1.807) is 24.3 Å². The Hall–Kier alpha value is -3.00. The molecule has 30 heavy (non-hydrogen) atoms. The molecule has 2 rings (SSSR count). The third-order valence-corrected chi connectivity index (χ3v) is 4.28. The van der Waals surface area contributed by atoms with Gasteiger partial charge in [0.05, 0.1) is 0 Å². The zero-order valence-corrected chi connectivity index (χ0v) is 18.1. The number of rotatable bonds is 8. The van der Waals surface area contributed by atoms with Gasteiger partial charge in [0.15, 0.2) is 5.75 Å². The normalized spacial score (nSPS) is 13.0. The van der Waals surface area contributed by atoms with Gasteiger partial charge in [0.2, 0.25) is 5.88 Å². The van der Waals surface area contributed by atoms with Gasteiger partial charge in [0.25, 0.3) is 0 Å². The highest BCUT2D eigenvalue weighted by Gasteiger charge is 2.28. The van der Waals surface area contributed by atoms with Crippen molar-refractivity contribution < 1.29 is 28.6 Å². The number of aromatic nitrogens is 1. The zero-order valence-electron chi connectivity index (χ0n) is 18.1. The molecule has 1 N–H and O–H groups in total. The molecule has 2 aromatic rings. The highest BCUT2D eigenvalue weighted by Crippen LogP contribution is 2.35. The molecule has 2 unspecified atom stereocenters. The number of fused-ring (bicyclic) bond motifs is 1. The van der Waals surface area contributed by atoms with Crippen LogP contribution >= 0.6 is 0 Å². The summed E-state index contributed by atoms with van der Waals surface area (Å²) in [5.41, 5.74) is 1.04. The summed E-state index contributed by atoms with van der Waals surface area (Å²) in [4.78, 5) is 39.1. The minimum atomic E-state index is -0.592. The molecule has 0 fully saturated rings. The van der Waals surface area contributed by atoms with Crippen LogP contribution in [0, 0.1) is 0 Å². The van der Waals surface area contributed by atoms with Crippen molar-refractivity contribution in [3.8, 4) is 11.6 Å².